The Morgan fingerprint density at radius 3 is 2.40 bits per heavy atom. The molecular weight excluding hydrogens is 527 g/mol. The van der Waals surface area contributed by atoms with Crippen LogP contribution in [0.2, 0.25) is 0 Å². The van der Waals surface area contributed by atoms with Gasteiger partial charge in [0.05, 0.1) is 47.5 Å². The van der Waals surface area contributed by atoms with E-state index in [2.05, 4.69) is 25.3 Å². The molecule has 0 fully saturated rings. The lowest BCUT2D eigenvalue weighted by Crippen LogP contribution is -2.22. The predicted octanol–water partition coefficient (Wildman–Crippen LogP) is 6.85. The van der Waals surface area contributed by atoms with Gasteiger partial charge in [-0.25, -0.2) is 13.8 Å². The number of hydrogen-bond donors (Lipinski definition) is 1. The van der Waals surface area contributed by atoms with Gasteiger partial charge in [-0.15, -0.1) is 0 Å². The van der Waals surface area contributed by atoms with Crippen molar-refractivity contribution in [2.75, 3.05) is 0 Å². The second kappa shape index (κ2) is 9.99. The van der Waals surface area contributed by atoms with Crippen LogP contribution in [0.15, 0.2) is 84.0 Å². The van der Waals surface area contributed by atoms with E-state index in [1.807, 2.05) is 0 Å². The molecule has 0 saturated carbocycles. The highest BCUT2D eigenvalue weighted by Gasteiger charge is 2.34. The van der Waals surface area contributed by atoms with E-state index in [4.69, 9.17) is 0 Å². The minimum atomic E-state index is -4.59. The van der Waals surface area contributed by atoms with E-state index in [1.165, 1.54) is 30.5 Å². The van der Waals surface area contributed by atoms with Gasteiger partial charge in [0, 0.05) is 5.56 Å². The van der Waals surface area contributed by atoms with Crippen molar-refractivity contribution in [2.45, 2.75) is 19.3 Å². The Kier molecular flexibility index (Phi) is 6.33. The number of benzene rings is 3. The third kappa shape index (κ3) is 4.93. The van der Waals surface area contributed by atoms with Crippen LogP contribution in [0.3, 0.4) is 0 Å². The molecule has 2 aromatic heterocycles. The largest absolute Gasteiger partial charge is 0.417 e. The first kappa shape index (κ1) is 25.4. The summed E-state index contributed by atoms with van der Waals surface area (Å²) in [4.78, 5) is 7.31. The number of fused-ring (bicyclic) bond motifs is 1. The van der Waals surface area contributed by atoms with Crippen LogP contribution in [0.25, 0.3) is 33.8 Å². The lowest BCUT2D eigenvalue weighted by Gasteiger charge is -2.21. The molecule has 3 heterocycles. The standard InChI is InChI=1S/C29H19F5N6/c30-23-8-4-7-21(27(23)31)28-36-25-14-35-40(16-26(25)37-28)15-19-10-12-24(39-38-19)20-11-9-18(13-22(20)29(32,33)34)17-5-2-1-3-6-17/h1-14H,15-16H2,(H,36,37). The summed E-state index contributed by atoms with van der Waals surface area (Å²) < 4.78 is 69.8. The lowest BCUT2D eigenvalue weighted by atomic mass is 9.97. The molecular formula is C29H19F5N6. The first-order chi connectivity index (χ1) is 19.3. The number of halogens is 5. The summed E-state index contributed by atoms with van der Waals surface area (Å²) in [6, 6.07) is 19.9. The second-order valence-corrected chi connectivity index (χ2v) is 9.15. The molecule has 11 heteroatoms. The van der Waals surface area contributed by atoms with Crippen molar-refractivity contribution >= 4 is 6.21 Å². The SMILES string of the molecule is Fc1cccc(-c2nc3c([nH]2)CN(Cc2ccc(-c4ccc(-c5ccccc5)cc4C(F)(F)F)nn2)N=C3)c1F. The van der Waals surface area contributed by atoms with Crippen LogP contribution in [0.5, 0.6) is 0 Å². The summed E-state index contributed by atoms with van der Waals surface area (Å²) >= 11 is 0. The fraction of sp³-hybridized carbons (Fsp3) is 0.103. The van der Waals surface area contributed by atoms with E-state index in [1.54, 1.807) is 47.5 Å². The fourth-order valence-electron chi connectivity index (χ4n) is 4.51. The average Bonchev–Trinajstić information content (AvgIpc) is 3.38. The summed E-state index contributed by atoms with van der Waals surface area (Å²) in [7, 11) is 0. The average molecular weight is 547 g/mol. The molecule has 0 radical (unpaired) electrons. The number of hydrogen-bond acceptors (Lipinski definition) is 5. The molecule has 6 rings (SSSR count). The molecule has 0 spiro atoms. The van der Waals surface area contributed by atoms with Crippen LogP contribution in [0.1, 0.15) is 22.6 Å². The number of aromatic nitrogens is 4. The highest BCUT2D eigenvalue weighted by atomic mass is 19.4. The third-order valence-electron chi connectivity index (χ3n) is 6.47. The molecule has 0 aliphatic carbocycles. The van der Waals surface area contributed by atoms with E-state index >= 15 is 0 Å². The van der Waals surface area contributed by atoms with Gasteiger partial charge in [0.25, 0.3) is 0 Å². The van der Waals surface area contributed by atoms with Crippen LogP contribution in [0.4, 0.5) is 22.0 Å². The van der Waals surface area contributed by atoms with Crippen molar-refractivity contribution in [3.05, 3.63) is 113 Å². The van der Waals surface area contributed by atoms with Gasteiger partial charge < -0.3 is 4.98 Å². The van der Waals surface area contributed by atoms with Crippen molar-refractivity contribution in [3.8, 4) is 33.8 Å². The summed E-state index contributed by atoms with van der Waals surface area (Å²) in [6.07, 6.45) is -3.10. The van der Waals surface area contributed by atoms with Crippen LogP contribution in [-0.2, 0) is 19.3 Å². The van der Waals surface area contributed by atoms with Gasteiger partial charge >= 0.3 is 6.18 Å². The first-order valence-electron chi connectivity index (χ1n) is 12.2. The van der Waals surface area contributed by atoms with Crippen LogP contribution >= 0.6 is 0 Å². The summed E-state index contributed by atoms with van der Waals surface area (Å²) in [5.41, 5.74) is 1.98. The molecule has 5 aromatic rings. The van der Waals surface area contributed by atoms with Gasteiger partial charge in [-0.1, -0.05) is 48.5 Å². The molecule has 3 aromatic carbocycles. The second-order valence-electron chi connectivity index (χ2n) is 9.15. The summed E-state index contributed by atoms with van der Waals surface area (Å²) in [6.45, 7) is 0.489. The molecule has 0 amide bonds. The Morgan fingerprint density at radius 2 is 1.65 bits per heavy atom. The highest BCUT2D eigenvalue weighted by Crippen LogP contribution is 2.39. The Balaban J connectivity index is 1.20. The van der Waals surface area contributed by atoms with Crippen LogP contribution in [-0.4, -0.2) is 31.4 Å². The van der Waals surface area contributed by atoms with Crippen molar-refractivity contribution in [2.24, 2.45) is 5.10 Å². The lowest BCUT2D eigenvalue weighted by molar-refractivity contribution is -0.137. The van der Waals surface area contributed by atoms with Crippen molar-refractivity contribution < 1.29 is 22.0 Å². The van der Waals surface area contributed by atoms with Gasteiger partial charge in [0.15, 0.2) is 11.6 Å². The van der Waals surface area contributed by atoms with E-state index in [9.17, 15) is 22.0 Å². The Labute approximate surface area is 224 Å². The molecule has 0 unspecified atom stereocenters. The molecule has 200 valence electrons. The maximum Gasteiger partial charge on any atom is 0.417 e. The van der Waals surface area contributed by atoms with Crippen molar-refractivity contribution in [1.29, 1.82) is 0 Å². The monoisotopic (exact) mass is 546 g/mol. The first-order valence-corrected chi connectivity index (χ1v) is 12.2. The quantitative estimate of drug-likeness (QED) is 0.245. The van der Waals surface area contributed by atoms with E-state index < -0.39 is 23.4 Å². The number of aromatic amines is 1. The van der Waals surface area contributed by atoms with E-state index in [-0.39, 0.29) is 35.7 Å². The zero-order valence-corrected chi connectivity index (χ0v) is 20.6. The topological polar surface area (TPSA) is 70.1 Å². The number of H-pyrrole nitrogens is 1. The smallest absolute Gasteiger partial charge is 0.340 e. The molecule has 0 bridgehead atoms. The molecule has 1 aliphatic rings. The molecule has 0 atom stereocenters. The van der Waals surface area contributed by atoms with Gasteiger partial charge in [-0.3, -0.25) is 5.01 Å². The molecule has 40 heavy (non-hydrogen) atoms. The maximum absolute atomic E-state index is 14.2. The van der Waals surface area contributed by atoms with E-state index in [0.29, 0.717) is 28.2 Å². The molecule has 6 nitrogen and oxygen atoms in total. The number of imidazole rings is 1. The zero-order chi connectivity index (χ0) is 27.9. The Morgan fingerprint density at radius 1 is 0.825 bits per heavy atom. The molecule has 0 saturated heterocycles. The number of hydrazone groups is 1. The molecule has 1 aliphatic heterocycles. The number of nitrogens with zero attached hydrogens (tertiary/aromatic N) is 5. The Hall–Kier alpha value is -4.93. The highest BCUT2D eigenvalue weighted by molar-refractivity contribution is 5.81. The van der Waals surface area contributed by atoms with Crippen LogP contribution < -0.4 is 0 Å². The number of rotatable bonds is 5. The van der Waals surface area contributed by atoms with Gasteiger partial charge in [0.2, 0.25) is 0 Å². The fourth-order valence-corrected chi connectivity index (χ4v) is 4.51. The number of alkyl halides is 3. The third-order valence-corrected chi connectivity index (χ3v) is 6.47. The summed E-state index contributed by atoms with van der Waals surface area (Å²) in [5, 5.41) is 14.2. The maximum atomic E-state index is 14.2. The van der Waals surface area contributed by atoms with Gasteiger partial charge in [-0.2, -0.15) is 28.5 Å². The number of nitrogens with one attached hydrogen (secondary N) is 1. The Bertz CT molecular complexity index is 1710. The minimum absolute atomic E-state index is 0.00540. The minimum Gasteiger partial charge on any atom is -0.340 e. The van der Waals surface area contributed by atoms with Crippen molar-refractivity contribution in [1.82, 2.24) is 25.2 Å². The predicted molar refractivity (Wildman–Crippen MR) is 139 cm³/mol. The summed E-state index contributed by atoms with van der Waals surface area (Å²) in [5.74, 6) is -1.79. The van der Waals surface area contributed by atoms with Crippen molar-refractivity contribution in [3.63, 3.8) is 0 Å². The molecule has 1 N–H and O–H groups in total. The van der Waals surface area contributed by atoms with Gasteiger partial charge in [0.1, 0.15) is 11.5 Å². The van der Waals surface area contributed by atoms with Crippen LogP contribution in [0, 0.1) is 11.6 Å². The van der Waals surface area contributed by atoms with E-state index in [0.717, 1.165) is 12.1 Å². The zero-order valence-electron chi connectivity index (χ0n) is 20.6. The van der Waals surface area contributed by atoms with Gasteiger partial charge in [-0.05, 0) is 41.5 Å². The normalized spacial score (nSPS) is 13.0.